The van der Waals surface area contributed by atoms with Crippen molar-refractivity contribution >= 4 is 19.2 Å². The molecule has 0 radical (unpaired) electrons. The van der Waals surface area contributed by atoms with Crippen molar-refractivity contribution in [3.8, 4) is 0 Å². The minimum absolute atomic E-state index is 0.654. The lowest BCUT2D eigenvalue weighted by Crippen LogP contribution is -2.30. The number of aliphatic carboxylic acids is 1. The molecule has 3 atom stereocenters. The van der Waals surface area contributed by atoms with Gasteiger partial charge in [-0.3, -0.25) is 9.36 Å². The normalized spacial score (nSPS) is 18.9. The van der Waals surface area contributed by atoms with Gasteiger partial charge in [-0.25, -0.2) is 4.79 Å². The Labute approximate surface area is 93.9 Å². The molecule has 3 N–H and O–H groups in total. The summed E-state index contributed by atoms with van der Waals surface area (Å²) in [5, 5.41) is 8.49. The van der Waals surface area contributed by atoms with Crippen LogP contribution in [0.3, 0.4) is 0 Å². The van der Waals surface area contributed by atoms with E-state index in [1.807, 2.05) is 0 Å². The van der Waals surface area contributed by atoms with Gasteiger partial charge in [0.1, 0.15) is 0 Å². The highest BCUT2D eigenvalue weighted by Gasteiger charge is 2.33. The average molecular weight is 249 g/mol. The molecule has 0 aromatic carbocycles. The van der Waals surface area contributed by atoms with Crippen LogP contribution in [-0.4, -0.2) is 36.4 Å². The summed E-state index contributed by atoms with van der Waals surface area (Å²) < 4.78 is 16.8. The summed E-state index contributed by atoms with van der Waals surface area (Å²) in [4.78, 5) is 21.4. The lowest BCUT2D eigenvalue weighted by molar-refractivity contribution is -0.131. The van der Waals surface area contributed by atoms with E-state index in [1.54, 1.807) is 0 Å². The minimum Gasteiger partial charge on any atom is -0.478 e. The third kappa shape index (κ3) is 4.16. The molecule has 0 fully saturated rings. The van der Waals surface area contributed by atoms with Crippen LogP contribution in [0.1, 0.15) is 6.92 Å². The lowest BCUT2D eigenvalue weighted by atomic mass is 10.1. The number of amides is 1. The molecule has 0 aliphatic heterocycles. The Morgan fingerprint density at radius 2 is 2.00 bits per heavy atom. The van der Waals surface area contributed by atoms with E-state index < -0.39 is 30.8 Å². The summed E-state index contributed by atoms with van der Waals surface area (Å²) in [6.45, 7) is 2.82. The van der Waals surface area contributed by atoms with Crippen molar-refractivity contribution in [3.63, 3.8) is 0 Å². The summed E-state index contributed by atoms with van der Waals surface area (Å²) in [5.74, 6) is -2.59. The Balaban J connectivity index is 5.14. The fourth-order valence-electron chi connectivity index (χ4n) is 1.20. The number of carboxylic acid groups (broad SMARTS) is 1. The summed E-state index contributed by atoms with van der Waals surface area (Å²) in [5.41, 5.74) is 4.27. The molecule has 0 spiro atoms. The Bertz CT molecular complexity index is 352. The summed E-state index contributed by atoms with van der Waals surface area (Å²) in [6.07, 6.45) is 2.02. The van der Waals surface area contributed by atoms with Gasteiger partial charge >= 0.3 is 5.97 Å². The van der Waals surface area contributed by atoms with Crippen LogP contribution < -0.4 is 5.73 Å². The first-order valence-electron chi connectivity index (χ1n) is 4.55. The average Bonchev–Trinajstić information content (AvgIpc) is 2.16. The highest BCUT2D eigenvalue weighted by molar-refractivity contribution is 7.59. The van der Waals surface area contributed by atoms with Crippen LogP contribution in [0.5, 0.6) is 0 Å². The van der Waals surface area contributed by atoms with Gasteiger partial charge in [-0.2, -0.15) is 0 Å². The molecule has 0 aromatic heterocycles. The van der Waals surface area contributed by atoms with Crippen molar-refractivity contribution in [2.24, 2.45) is 11.7 Å². The topological polar surface area (TPSA) is 107 Å². The second kappa shape index (κ2) is 5.82. The lowest BCUT2D eigenvalue weighted by Gasteiger charge is -2.23. The van der Waals surface area contributed by atoms with Crippen LogP contribution in [0.25, 0.3) is 0 Å². The molecule has 92 valence electrons. The van der Waals surface area contributed by atoms with Crippen molar-refractivity contribution in [1.29, 1.82) is 0 Å². The summed E-state index contributed by atoms with van der Waals surface area (Å²) in [6, 6.07) is 0. The zero-order valence-electron chi connectivity index (χ0n) is 9.41. The first kappa shape index (κ1) is 14.9. The van der Waals surface area contributed by atoms with Crippen molar-refractivity contribution in [3.05, 3.63) is 12.2 Å². The highest BCUT2D eigenvalue weighted by Crippen LogP contribution is 2.50. The number of carbonyl (C=O) groups excluding carboxylic acids is 1. The van der Waals surface area contributed by atoms with Gasteiger partial charge in [0.15, 0.2) is 0 Å². The van der Waals surface area contributed by atoms with Crippen molar-refractivity contribution < 1.29 is 23.8 Å². The van der Waals surface area contributed by atoms with Gasteiger partial charge in [-0.05, 0) is 0 Å². The molecule has 0 aliphatic rings. The Morgan fingerprint density at radius 3 is 2.31 bits per heavy atom. The smallest absolute Gasteiger partial charge is 0.328 e. The fourth-order valence-corrected chi connectivity index (χ4v) is 2.80. The molecule has 1 amide bonds. The predicted molar refractivity (Wildman–Crippen MR) is 59.5 cm³/mol. The third-order valence-corrected chi connectivity index (χ3v) is 4.73. The molecule has 0 aromatic rings. The number of rotatable bonds is 6. The minimum atomic E-state index is -3.10. The number of allylic oxidation sites excluding steroid dienone is 1. The van der Waals surface area contributed by atoms with Gasteiger partial charge in [0.05, 0.1) is 11.6 Å². The van der Waals surface area contributed by atoms with Crippen molar-refractivity contribution in [2.75, 3.05) is 13.8 Å². The number of primary amides is 1. The molecule has 6 nitrogen and oxygen atoms in total. The zero-order valence-corrected chi connectivity index (χ0v) is 10.3. The largest absolute Gasteiger partial charge is 0.478 e. The first-order chi connectivity index (χ1) is 7.22. The van der Waals surface area contributed by atoms with Crippen LogP contribution in [0, 0.1) is 5.92 Å². The highest BCUT2D eigenvalue weighted by atomic mass is 31.2. The van der Waals surface area contributed by atoms with Gasteiger partial charge in [0, 0.05) is 19.9 Å². The van der Waals surface area contributed by atoms with Crippen LogP contribution >= 0.6 is 7.37 Å². The first-order valence-corrected chi connectivity index (χ1v) is 6.70. The van der Waals surface area contributed by atoms with E-state index in [0.29, 0.717) is 0 Å². The van der Waals surface area contributed by atoms with Crippen LogP contribution in [0.2, 0.25) is 0 Å². The Morgan fingerprint density at radius 1 is 1.50 bits per heavy atom. The number of hydrogen-bond acceptors (Lipinski definition) is 4. The summed E-state index contributed by atoms with van der Waals surface area (Å²) in [7, 11) is -1.85. The van der Waals surface area contributed by atoms with Crippen molar-refractivity contribution in [1.82, 2.24) is 0 Å². The second-order valence-electron chi connectivity index (χ2n) is 3.47. The van der Waals surface area contributed by atoms with Gasteiger partial charge in [-0.15, -0.1) is 0 Å². The number of carbonyl (C=O) groups is 2. The van der Waals surface area contributed by atoms with Gasteiger partial charge < -0.3 is 15.4 Å². The maximum Gasteiger partial charge on any atom is 0.328 e. The third-order valence-electron chi connectivity index (χ3n) is 2.30. The SMILES string of the molecule is COP(C)(=O)C(C=CC(=O)O)C(C)C(N)=O. The predicted octanol–water partition coefficient (Wildman–Crippen LogP) is 0.671. The molecule has 0 bridgehead atoms. The molecule has 0 heterocycles. The van der Waals surface area contributed by atoms with E-state index in [2.05, 4.69) is 0 Å². The molecular weight excluding hydrogens is 233 g/mol. The van der Waals surface area contributed by atoms with Gasteiger partial charge in [0.25, 0.3) is 0 Å². The Hall–Kier alpha value is -1.13. The van der Waals surface area contributed by atoms with E-state index in [9.17, 15) is 14.2 Å². The van der Waals surface area contributed by atoms with E-state index in [4.69, 9.17) is 15.4 Å². The molecule has 16 heavy (non-hydrogen) atoms. The maximum atomic E-state index is 12.0. The van der Waals surface area contributed by atoms with Crippen LogP contribution in [0.15, 0.2) is 12.2 Å². The fraction of sp³-hybridized carbons (Fsp3) is 0.556. The molecule has 0 aliphatic carbocycles. The molecular formula is C9H16NO5P. The number of hydrogen-bond donors (Lipinski definition) is 2. The number of carboxylic acids is 1. The molecule has 7 heteroatoms. The zero-order chi connectivity index (χ0) is 12.9. The van der Waals surface area contributed by atoms with Crippen LogP contribution in [0.4, 0.5) is 0 Å². The standard InChI is InChI=1S/C9H16NO5P/c1-6(9(10)13)7(4-5-8(11)12)16(3,14)15-2/h4-7H,1-3H3,(H2,10,13)(H,11,12). The molecule has 3 unspecified atom stereocenters. The molecule has 0 rings (SSSR count). The number of nitrogens with two attached hydrogens (primary N) is 1. The Kier molecular flexibility index (Phi) is 5.41. The van der Waals surface area contributed by atoms with E-state index >= 15 is 0 Å². The molecule has 0 saturated carbocycles. The van der Waals surface area contributed by atoms with E-state index in [1.165, 1.54) is 26.8 Å². The monoisotopic (exact) mass is 249 g/mol. The quantitative estimate of drug-likeness (QED) is 0.531. The van der Waals surface area contributed by atoms with Gasteiger partial charge in [-0.1, -0.05) is 13.0 Å². The molecule has 0 saturated heterocycles. The van der Waals surface area contributed by atoms with E-state index in [0.717, 1.165) is 6.08 Å². The van der Waals surface area contributed by atoms with Gasteiger partial charge in [0.2, 0.25) is 13.3 Å². The maximum absolute atomic E-state index is 12.0. The summed E-state index contributed by atoms with van der Waals surface area (Å²) >= 11 is 0. The van der Waals surface area contributed by atoms with Crippen LogP contribution in [-0.2, 0) is 18.7 Å². The van der Waals surface area contributed by atoms with E-state index in [-0.39, 0.29) is 0 Å². The van der Waals surface area contributed by atoms with Crippen molar-refractivity contribution in [2.45, 2.75) is 12.6 Å². The second-order valence-corrected chi connectivity index (χ2v) is 6.25.